The molecular formula is C8H17Cl2O4P. The molecule has 0 aliphatic rings. The van der Waals surface area contributed by atoms with Gasteiger partial charge in [-0.25, -0.2) is 4.57 Å². The van der Waals surface area contributed by atoms with Gasteiger partial charge < -0.3 is 4.89 Å². The zero-order valence-corrected chi connectivity index (χ0v) is 11.3. The predicted molar refractivity (Wildman–Crippen MR) is 61.6 cm³/mol. The van der Waals surface area contributed by atoms with Crippen molar-refractivity contribution in [1.29, 1.82) is 0 Å². The Morgan fingerprint density at radius 3 is 1.67 bits per heavy atom. The fraction of sp³-hybridized carbons (Fsp3) is 1.00. The summed E-state index contributed by atoms with van der Waals surface area (Å²) in [6.07, 6.45) is 0.148. The largest absolute Gasteiger partial charge is 0.472 e. The Morgan fingerprint density at radius 1 is 1.13 bits per heavy atom. The SMILES string of the molecule is CCC(CCl)OP(=O)(O)OC(CC)CCl. The monoisotopic (exact) mass is 278 g/mol. The molecule has 0 saturated carbocycles. The molecule has 0 aliphatic heterocycles. The minimum absolute atomic E-state index is 0.155. The number of hydrogen-bond acceptors (Lipinski definition) is 3. The summed E-state index contributed by atoms with van der Waals surface area (Å²) in [5, 5.41) is 0. The zero-order valence-electron chi connectivity index (χ0n) is 8.86. The number of rotatable bonds is 8. The van der Waals surface area contributed by atoms with Crippen molar-refractivity contribution in [3.05, 3.63) is 0 Å². The van der Waals surface area contributed by atoms with Gasteiger partial charge in [0.1, 0.15) is 0 Å². The molecule has 4 nitrogen and oxygen atoms in total. The van der Waals surface area contributed by atoms with Crippen molar-refractivity contribution in [2.24, 2.45) is 0 Å². The van der Waals surface area contributed by atoms with Crippen LogP contribution in [0.1, 0.15) is 26.7 Å². The molecule has 7 heteroatoms. The van der Waals surface area contributed by atoms with Crippen molar-refractivity contribution < 1.29 is 18.5 Å². The maximum atomic E-state index is 11.5. The first-order valence-electron chi connectivity index (χ1n) is 4.80. The number of hydrogen-bond donors (Lipinski definition) is 1. The van der Waals surface area contributed by atoms with Gasteiger partial charge in [0.25, 0.3) is 0 Å². The van der Waals surface area contributed by atoms with Crippen molar-refractivity contribution in [2.75, 3.05) is 11.8 Å². The van der Waals surface area contributed by atoms with Crippen LogP contribution in [0.3, 0.4) is 0 Å². The summed E-state index contributed by atoms with van der Waals surface area (Å²) in [5.41, 5.74) is 0. The topological polar surface area (TPSA) is 55.8 Å². The van der Waals surface area contributed by atoms with Gasteiger partial charge >= 0.3 is 7.82 Å². The van der Waals surface area contributed by atoms with Crippen molar-refractivity contribution in [1.82, 2.24) is 0 Å². The maximum absolute atomic E-state index is 11.5. The van der Waals surface area contributed by atoms with Crippen LogP contribution in [0.4, 0.5) is 0 Å². The molecule has 0 aromatic rings. The third-order valence-electron chi connectivity index (χ3n) is 1.82. The third kappa shape index (κ3) is 6.77. The molecule has 0 amide bonds. The van der Waals surface area contributed by atoms with Gasteiger partial charge in [-0.3, -0.25) is 9.05 Å². The Hall–Kier alpha value is 0.690. The predicted octanol–water partition coefficient (Wildman–Crippen LogP) is 3.15. The van der Waals surface area contributed by atoms with E-state index in [1.807, 2.05) is 13.8 Å². The van der Waals surface area contributed by atoms with Gasteiger partial charge in [0.05, 0.1) is 12.2 Å². The van der Waals surface area contributed by atoms with Crippen LogP contribution in [0.25, 0.3) is 0 Å². The summed E-state index contributed by atoms with van der Waals surface area (Å²) in [7, 11) is -4.04. The average molecular weight is 279 g/mol. The number of alkyl halides is 2. The Bertz CT molecular complexity index is 189. The second-order valence-corrected chi connectivity index (χ2v) is 5.02. The lowest BCUT2D eigenvalue weighted by atomic mass is 10.3. The number of halogens is 2. The molecule has 0 heterocycles. The van der Waals surface area contributed by atoms with E-state index in [1.54, 1.807) is 0 Å². The van der Waals surface area contributed by atoms with Crippen LogP contribution in [-0.2, 0) is 13.6 Å². The zero-order chi connectivity index (χ0) is 11.9. The first-order valence-corrected chi connectivity index (χ1v) is 7.37. The van der Waals surface area contributed by atoms with E-state index in [4.69, 9.17) is 32.2 Å². The second kappa shape index (κ2) is 7.88. The van der Waals surface area contributed by atoms with E-state index in [2.05, 4.69) is 0 Å². The molecule has 2 unspecified atom stereocenters. The van der Waals surface area contributed by atoms with Gasteiger partial charge in [-0.1, -0.05) is 13.8 Å². The van der Waals surface area contributed by atoms with E-state index in [1.165, 1.54) is 0 Å². The first kappa shape index (κ1) is 15.7. The molecule has 92 valence electrons. The van der Waals surface area contributed by atoms with E-state index in [0.717, 1.165) is 0 Å². The molecule has 2 atom stereocenters. The Morgan fingerprint density at radius 2 is 1.47 bits per heavy atom. The highest BCUT2D eigenvalue weighted by atomic mass is 35.5. The van der Waals surface area contributed by atoms with Gasteiger partial charge in [0.2, 0.25) is 0 Å². The molecule has 0 saturated heterocycles. The minimum atomic E-state index is -4.04. The highest BCUT2D eigenvalue weighted by molar-refractivity contribution is 7.47. The first-order chi connectivity index (χ1) is 6.99. The van der Waals surface area contributed by atoms with Crippen molar-refractivity contribution >= 4 is 31.0 Å². The number of phosphoric acid groups is 1. The normalized spacial score (nSPS) is 19.5. The minimum Gasteiger partial charge on any atom is -0.302 e. The molecule has 0 spiro atoms. The van der Waals surface area contributed by atoms with Gasteiger partial charge in [-0.2, -0.15) is 0 Å². The summed E-state index contributed by atoms with van der Waals surface area (Å²) in [6, 6.07) is 0. The van der Waals surface area contributed by atoms with Crippen LogP contribution < -0.4 is 0 Å². The van der Waals surface area contributed by atoms with Gasteiger partial charge in [0, 0.05) is 11.8 Å². The molecule has 0 fully saturated rings. The van der Waals surface area contributed by atoms with E-state index < -0.39 is 20.0 Å². The third-order valence-corrected chi connectivity index (χ3v) is 3.64. The van der Waals surface area contributed by atoms with Crippen LogP contribution in [0.2, 0.25) is 0 Å². The lowest BCUT2D eigenvalue weighted by Gasteiger charge is -2.21. The van der Waals surface area contributed by atoms with E-state index >= 15 is 0 Å². The lowest BCUT2D eigenvalue weighted by Crippen LogP contribution is -2.17. The molecule has 0 aliphatic carbocycles. The summed E-state index contributed by atoms with van der Waals surface area (Å²) < 4.78 is 21.2. The van der Waals surface area contributed by atoms with Crippen LogP contribution >= 0.6 is 31.0 Å². The summed E-state index contributed by atoms with van der Waals surface area (Å²) in [4.78, 5) is 9.37. The summed E-state index contributed by atoms with van der Waals surface area (Å²) in [6.45, 7) is 3.62. The van der Waals surface area contributed by atoms with E-state index in [-0.39, 0.29) is 11.8 Å². The quantitative estimate of drug-likeness (QED) is 0.547. The Balaban J connectivity index is 4.21. The van der Waals surface area contributed by atoms with Crippen LogP contribution in [-0.4, -0.2) is 28.9 Å². The van der Waals surface area contributed by atoms with Gasteiger partial charge in [-0.15, -0.1) is 23.2 Å². The van der Waals surface area contributed by atoms with Crippen LogP contribution in [0, 0.1) is 0 Å². The molecule has 15 heavy (non-hydrogen) atoms. The highest BCUT2D eigenvalue weighted by Gasteiger charge is 2.28. The van der Waals surface area contributed by atoms with E-state index in [9.17, 15) is 9.46 Å². The Labute approximate surface area is 100 Å². The molecule has 0 aromatic heterocycles. The molecule has 0 aromatic carbocycles. The van der Waals surface area contributed by atoms with Crippen molar-refractivity contribution in [3.63, 3.8) is 0 Å². The van der Waals surface area contributed by atoms with Crippen molar-refractivity contribution in [3.8, 4) is 0 Å². The van der Waals surface area contributed by atoms with Gasteiger partial charge in [0.15, 0.2) is 0 Å². The number of phosphoric ester groups is 1. The molecule has 0 rings (SSSR count). The fourth-order valence-corrected chi connectivity index (χ4v) is 2.81. The van der Waals surface area contributed by atoms with Gasteiger partial charge in [-0.05, 0) is 12.8 Å². The highest BCUT2D eigenvalue weighted by Crippen LogP contribution is 2.46. The van der Waals surface area contributed by atoms with Crippen LogP contribution in [0.5, 0.6) is 0 Å². The fourth-order valence-electron chi connectivity index (χ4n) is 0.825. The van der Waals surface area contributed by atoms with E-state index in [0.29, 0.717) is 12.8 Å². The molecule has 0 radical (unpaired) electrons. The smallest absolute Gasteiger partial charge is 0.302 e. The molecule has 1 N–H and O–H groups in total. The maximum Gasteiger partial charge on any atom is 0.472 e. The summed E-state index contributed by atoms with van der Waals surface area (Å²) in [5.74, 6) is 0.310. The Kier molecular flexibility index (Phi) is 8.24. The summed E-state index contributed by atoms with van der Waals surface area (Å²) >= 11 is 11.1. The van der Waals surface area contributed by atoms with Crippen molar-refractivity contribution in [2.45, 2.75) is 38.9 Å². The standard InChI is InChI=1S/C8H17Cl2O4P/c1-3-7(5-9)13-15(11,12)14-8(4-2)6-10/h7-8H,3-6H2,1-2H3,(H,11,12). The van der Waals surface area contributed by atoms with Crippen LogP contribution in [0.15, 0.2) is 0 Å². The molecular weight excluding hydrogens is 262 g/mol. The lowest BCUT2D eigenvalue weighted by molar-refractivity contribution is 0.0855. The molecule has 0 bridgehead atoms. The second-order valence-electron chi connectivity index (χ2n) is 3.05. The average Bonchev–Trinajstić information content (AvgIpc) is 2.22.